The molecule has 0 bridgehead atoms. The highest BCUT2D eigenvalue weighted by Gasteiger charge is 2.33. The van der Waals surface area contributed by atoms with Gasteiger partial charge in [-0.1, -0.05) is 25.1 Å². The quantitative estimate of drug-likeness (QED) is 0.202. The van der Waals surface area contributed by atoms with Crippen LogP contribution in [0.1, 0.15) is 46.4 Å². The third kappa shape index (κ3) is 7.09. The van der Waals surface area contributed by atoms with Gasteiger partial charge in [0.05, 0.1) is 17.7 Å². The number of benzene rings is 3. The summed E-state index contributed by atoms with van der Waals surface area (Å²) >= 11 is 1.72. The molecule has 0 spiro atoms. The maximum Gasteiger partial charge on any atom is 0.404 e. The second-order valence-electron chi connectivity index (χ2n) is 8.95. The van der Waals surface area contributed by atoms with Gasteiger partial charge in [-0.05, 0) is 78.3 Å². The second-order valence-corrected chi connectivity index (χ2v) is 10.3. The van der Waals surface area contributed by atoms with E-state index >= 15 is 0 Å². The van der Waals surface area contributed by atoms with Crippen LogP contribution in [0.2, 0.25) is 0 Å². The molecule has 1 aliphatic heterocycles. The van der Waals surface area contributed by atoms with Crippen LogP contribution in [-0.2, 0) is 6.42 Å². The number of rotatable bonds is 9. The van der Waals surface area contributed by atoms with Crippen molar-refractivity contribution in [3.8, 4) is 6.07 Å². The largest absolute Gasteiger partial charge is 0.465 e. The van der Waals surface area contributed by atoms with Crippen molar-refractivity contribution in [2.45, 2.75) is 30.7 Å². The van der Waals surface area contributed by atoms with Crippen molar-refractivity contribution in [1.82, 2.24) is 10.2 Å². The Hall–Kier alpha value is -4.49. The molecule has 39 heavy (non-hydrogen) atoms. The number of carboxylic acid groups (broad SMARTS) is 1. The van der Waals surface area contributed by atoms with Gasteiger partial charge >= 0.3 is 12.1 Å². The second kappa shape index (κ2) is 12.8. The first-order chi connectivity index (χ1) is 18.9. The van der Waals surface area contributed by atoms with Crippen LogP contribution in [0.25, 0.3) is 0 Å². The summed E-state index contributed by atoms with van der Waals surface area (Å²) in [6.45, 7) is 2.64. The molecule has 4 N–H and O–H groups in total. The summed E-state index contributed by atoms with van der Waals surface area (Å²) < 4.78 is 0. The molecule has 3 aromatic carbocycles. The van der Waals surface area contributed by atoms with Crippen LogP contribution in [-0.4, -0.2) is 46.9 Å². The number of nitrogens with one attached hydrogen (secondary N) is 3. The summed E-state index contributed by atoms with van der Waals surface area (Å²) in [5.41, 5.74) is 3.91. The fourth-order valence-corrected chi connectivity index (χ4v) is 5.18. The number of thioether (sulfide) groups is 1. The summed E-state index contributed by atoms with van der Waals surface area (Å²) in [6, 6.07) is 21.4. The normalized spacial score (nSPS) is 14.2. The van der Waals surface area contributed by atoms with E-state index in [0.29, 0.717) is 41.9 Å². The van der Waals surface area contributed by atoms with E-state index in [2.05, 4.69) is 28.9 Å². The molecule has 0 saturated carbocycles. The van der Waals surface area contributed by atoms with E-state index in [-0.39, 0.29) is 18.5 Å². The average molecular weight is 544 g/mol. The number of urea groups is 1. The minimum Gasteiger partial charge on any atom is -0.465 e. The molecule has 1 heterocycles. The Morgan fingerprint density at radius 2 is 1.74 bits per heavy atom. The molecular formula is C29H29N5O4S. The number of anilines is 2. The molecule has 1 unspecified atom stereocenters. The minimum absolute atomic E-state index is 0.200. The number of nitriles is 1. The lowest BCUT2D eigenvalue weighted by Crippen LogP contribution is -2.42. The van der Waals surface area contributed by atoms with Gasteiger partial charge in [0, 0.05) is 34.9 Å². The Morgan fingerprint density at radius 1 is 1.05 bits per heavy atom. The number of carbonyl (C=O) groups excluding carboxylic acids is 2. The maximum absolute atomic E-state index is 13.7. The summed E-state index contributed by atoms with van der Waals surface area (Å²) in [7, 11) is 0. The van der Waals surface area contributed by atoms with Gasteiger partial charge in [-0.15, -0.1) is 11.8 Å². The van der Waals surface area contributed by atoms with Crippen molar-refractivity contribution in [1.29, 1.82) is 5.26 Å². The molecule has 1 atom stereocenters. The van der Waals surface area contributed by atoms with Crippen LogP contribution in [0.3, 0.4) is 0 Å². The van der Waals surface area contributed by atoms with Crippen LogP contribution < -0.4 is 16.0 Å². The Labute approximate surface area is 231 Å². The van der Waals surface area contributed by atoms with Crippen LogP contribution >= 0.6 is 11.8 Å². The van der Waals surface area contributed by atoms with Crippen molar-refractivity contribution in [2.75, 3.05) is 29.5 Å². The summed E-state index contributed by atoms with van der Waals surface area (Å²) in [6.07, 6.45) is -0.122. The van der Waals surface area contributed by atoms with Crippen molar-refractivity contribution >= 4 is 41.2 Å². The van der Waals surface area contributed by atoms with Crippen LogP contribution in [0, 0.1) is 11.3 Å². The van der Waals surface area contributed by atoms with E-state index in [9.17, 15) is 14.4 Å². The van der Waals surface area contributed by atoms with Crippen LogP contribution in [0.4, 0.5) is 21.0 Å². The van der Waals surface area contributed by atoms with E-state index in [0.717, 1.165) is 21.8 Å². The molecule has 200 valence electrons. The predicted molar refractivity (Wildman–Crippen MR) is 151 cm³/mol. The van der Waals surface area contributed by atoms with Gasteiger partial charge in [-0.2, -0.15) is 5.26 Å². The average Bonchev–Trinajstić information content (AvgIpc) is 2.93. The summed E-state index contributed by atoms with van der Waals surface area (Å²) in [5.74, 6) is 0.767. The smallest absolute Gasteiger partial charge is 0.404 e. The van der Waals surface area contributed by atoms with Gasteiger partial charge in [0.15, 0.2) is 0 Å². The molecule has 3 aromatic rings. The zero-order valence-corrected chi connectivity index (χ0v) is 22.3. The summed E-state index contributed by atoms with van der Waals surface area (Å²) in [5, 5.41) is 26.0. The third-order valence-electron chi connectivity index (χ3n) is 6.35. The van der Waals surface area contributed by atoms with Crippen molar-refractivity contribution in [2.24, 2.45) is 0 Å². The SMILES string of the molecule is CCSc1ccc(NC(=O)Nc2ccc3c(c2)C(=O)N(CCCNC(=O)O)C(c2ccc(C#N)cc2)C3)cc1. The third-order valence-corrected chi connectivity index (χ3v) is 7.24. The van der Waals surface area contributed by atoms with Crippen molar-refractivity contribution in [3.05, 3.63) is 89.0 Å². The van der Waals surface area contributed by atoms with E-state index in [4.69, 9.17) is 10.4 Å². The van der Waals surface area contributed by atoms with Crippen molar-refractivity contribution < 1.29 is 19.5 Å². The molecule has 1 aliphatic rings. The molecule has 4 amide bonds. The monoisotopic (exact) mass is 543 g/mol. The molecule has 4 rings (SSSR count). The Balaban J connectivity index is 1.51. The highest BCUT2D eigenvalue weighted by atomic mass is 32.2. The Morgan fingerprint density at radius 3 is 2.41 bits per heavy atom. The Bertz CT molecular complexity index is 1390. The first kappa shape index (κ1) is 27.5. The highest BCUT2D eigenvalue weighted by Crippen LogP contribution is 2.35. The van der Waals surface area contributed by atoms with Gasteiger partial charge in [0.2, 0.25) is 0 Å². The lowest BCUT2D eigenvalue weighted by Gasteiger charge is -2.37. The van der Waals surface area contributed by atoms with E-state index < -0.39 is 12.1 Å². The standard InChI is InChI=1S/C29H29N5O4S/c1-2-39-24-12-10-22(11-13-24)32-28(36)33-23-9-8-21-16-26(20-6-4-19(18-30)5-7-20)34(27(35)25(21)17-23)15-3-14-31-29(37)38/h4-13,17,26,31H,2-3,14-16H2,1H3,(H,37,38)(H2,32,33,36). The van der Waals surface area contributed by atoms with E-state index in [1.807, 2.05) is 42.5 Å². The molecule has 0 radical (unpaired) electrons. The van der Waals surface area contributed by atoms with E-state index in [1.54, 1.807) is 40.9 Å². The number of nitrogens with zero attached hydrogens (tertiary/aromatic N) is 2. The molecule has 0 fully saturated rings. The zero-order valence-electron chi connectivity index (χ0n) is 21.4. The topological polar surface area (TPSA) is 135 Å². The molecule has 10 heteroatoms. The number of carbonyl (C=O) groups is 3. The predicted octanol–water partition coefficient (Wildman–Crippen LogP) is 5.71. The number of amides is 4. The van der Waals surface area contributed by atoms with Crippen LogP contribution in [0.5, 0.6) is 0 Å². The molecular weight excluding hydrogens is 514 g/mol. The van der Waals surface area contributed by atoms with Gasteiger partial charge in [-0.3, -0.25) is 4.79 Å². The Kier molecular flexibility index (Phi) is 9.07. The van der Waals surface area contributed by atoms with Gasteiger partial charge < -0.3 is 26.0 Å². The fraction of sp³-hybridized carbons (Fsp3) is 0.241. The number of fused-ring (bicyclic) bond motifs is 1. The molecule has 0 aromatic heterocycles. The molecule has 0 saturated heterocycles. The number of hydrogen-bond donors (Lipinski definition) is 4. The summed E-state index contributed by atoms with van der Waals surface area (Å²) in [4.78, 5) is 40.0. The maximum atomic E-state index is 13.7. The van der Waals surface area contributed by atoms with E-state index in [1.165, 1.54) is 0 Å². The van der Waals surface area contributed by atoms with Gasteiger partial charge in [0.25, 0.3) is 5.91 Å². The lowest BCUT2D eigenvalue weighted by molar-refractivity contribution is 0.0645. The number of hydrogen-bond acceptors (Lipinski definition) is 5. The molecule has 0 aliphatic carbocycles. The fourth-order valence-electron chi connectivity index (χ4n) is 4.52. The van der Waals surface area contributed by atoms with Gasteiger partial charge in [-0.25, -0.2) is 9.59 Å². The first-order valence-electron chi connectivity index (χ1n) is 12.6. The van der Waals surface area contributed by atoms with Crippen molar-refractivity contribution in [3.63, 3.8) is 0 Å². The first-order valence-corrected chi connectivity index (χ1v) is 13.6. The zero-order chi connectivity index (χ0) is 27.8. The minimum atomic E-state index is -1.11. The van der Waals surface area contributed by atoms with Crippen LogP contribution in [0.15, 0.2) is 71.6 Å². The molecule has 9 nitrogen and oxygen atoms in total. The van der Waals surface area contributed by atoms with Gasteiger partial charge in [0.1, 0.15) is 0 Å². The lowest BCUT2D eigenvalue weighted by atomic mass is 9.88. The highest BCUT2D eigenvalue weighted by molar-refractivity contribution is 7.99.